The Balaban J connectivity index is 4.70. The zero-order valence-electron chi connectivity index (χ0n) is 8.98. The third kappa shape index (κ3) is 4.89. The fraction of sp³-hybridized carbons (Fsp3) is 0.750. The van der Waals surface area contributed by atoms with Crippen LogP contribution in [0.15, 0.2) is 0 Å². The highest BCUT2D eigenvalue weighted by Gasteiger charge is 2.25. The van der Waals surface area contributed by atoms with Gasteiger partial charge in [-0.2, -0.15) is 0 Å². The maximum atomic E-state index is 11.4. The molecule has 0 rings (SSSR count). The normalized spacial score (nSPS) is 13.9. The monoisotopic (exact) mass is 236 g/mol. The molecule has 0 saturated heterocycles. The number of Topliss-reactive ketones (excluding diaryl/α,β-unsaturated/α-hetero) is 1. The first-order valence-electron chi connectivity index (χ1n) is 4.46. The second-order valence-electron chi connectivity index (χ2n) is 3.57. The number of amides is 1. The van der Waals surface area contributed by atoms with Gasteiger partial charge in [0, 0.05) is 6.42 Å². The molecule has 6 nitrogen and oxygen atoms in total. The Kier molecular flexibility index (Phi) is 4.89. The van der Waals surface area contributed by atoms with Crippen LogP contribution < -0.4 is 10.5 Å². The lowest BCUT2D eigenvalue weighted by Gasteiger charge is -2.16. The Morgan fingerprint density at radius 3 is 2.07 bits per heavy atom. The van der Waals surface area contributed by atoms with Gasteiger partial charge in [-0.05, 0) is 20.8 Å². The molecule has 0 aliphatic heterocycles. The first-order chi connectivity index (χ1) is 6.66. The Hall–Kier alpha value is -0.950. The molecule has 3 N–H and O–H groups in total. The topological polar surface area (TPSA) is 106 Å². The zero-order valence-corrected chi connectivity index (χ0v) is 9.80. The van der Waals surface area contributed by atoms with Crippen molar-refractivity contribution < 1.29 is 18.0 Å². The third-order valence-electron chi connectivity index (χ3n) is 1.76. The number of hydrogen-bond acceptors (Lipinski definition) is 4. The van der Waals surface area contributed by atoms with Crippen molar-refractivity contribution in [3.8, 4) is 0 Å². The third-order valence-corrected chi connectivity index (χ3v) is 3.62. The molecule has 15 heavy (non-hydrogen) atoms. The number of primary amides is 1. The van der Waals surface area contributed by atoms with Crippen LogP contribution in [-0.4, -0.2) is 31.4 Å². The summed E-state index contributed by atoms with van der Waals surface area (Å²) < 4.78 is 24.9. The van der Waals surface area contributed by atoms with E-state index in [2.05, 4.69) is 4.72 Å². The summed E-state index contributed by atoms with van der Waals surface area (Å²) in [6.07, 6.45) is -0.221. The van der Waals surface area contributed by atoms with Gasteiger partial charge in [0.15, 0.2) is 0 Å². The van der Waals surface area contributed by atoms with E-state index in [1.165, 1.54) is 20.8 Å². The van der Waals surface area contributed by atoms with Gasteiger partial charge in [0.05, 0.1) is 5.25 Å². The van der Waals surface area contributed by atoms with E-state index in [4.69, 9.17) is 5.73 Å². The van der Waals surface area contributed by atoms with Crippen molar-refractivity contribution in [3.63, 3.8) is 0 Å². The number of ketones is 1. The summed E-state index contributed by atoms with van der Waals surface area (Å²) in [6, 6.07) is -1.16. The van der Waals surface area contributed by atoms with Crippen LogP contribution in [0.3, 0.4) is 0 Å². The molecular weight excluding hydrogens is 220 g/mol. The molecule has 0 heterocycles. The van der Waals surface area contributed by atoms with Crippen molar-refractivity contribution >= 4 is 21.7 Å². The SMILES string of the molecule is CC(=O)C[C@H](NS(=O)(=O)C(C)C)C(N)=O. The standard InChI is InChI=1S/C8H16N2O4S/c1-5(2)15(13,14)10-7(8(9)12)4-6(3)11/h5,7,10H,4H2,1-3H3,(H2,9,12)/t7-/m0/s1. The number of hydrogen-bond donors (Lipinski definition) is 2. The summed E-state index contributed by atoms with van der Waals surface area (Å²) in [5.74, 6) is -1.15. The van der Waals surface area contributed by atoms with E-state index in [9.17, 15) is 18.0 Å². The summed E-state index contributed by atoms with van der Waals surface area (Å²) in [5.41, 5.74) is 4.97. The quantitative estimate of drug-likeness (QED) is 0.626. The van der Waals surface area contributed by atoms with Crippen LogP contribution in [0.5, 0.6) is 0 Å². The first-order valence-corrected chi connectivity index (χ1v) is 6.01. The minimum Gasteiger partial charge on any atom is -0.368 e. The van der Waals surface area contributed by atoms with Crippen LogP contribution >= 0.6 is 0 Å². The van der Waals surface area contributed by atoms with Crippen molar-refractivity contribution in [2.75, 3.05) is 0 Å². The Labute approximate surface area is 89.3 Å². The van der Waals surface area contributed by atoms with E-state index in [1.807, 2.05) is 0 Å². The molecule has 0 unspecified atom stereocenters. The number of nitrogens with one attached hydrogen (secondary N) is 1. The summed E-state index contributed by atoms with van der Waals surface area (Å²) in [5, 5.41) is -0.675. The summed E-state index contributed by atoms with van der Waals surface area (Å²) in [4.78, 5) is 21.7. The molecule has 0 saturated carbocycles. The highest BCUT2D eigenvalue weighted by atomic mass is 32.2. The van der Waals surface area contributed by atoms with Gasteiger partial charge in [0.2, 0.25) is 15.9 Å². The van der Waals surface area contributed by atoms with E-state index >= 15 is 0 Å². The van der Waals surface area contributed by atoms with Crippen LogP contribution in [-0.2, 0) is 19.6 Å². The highest BCUT2D eigenvalue weighted by Crippen LogP contribution is 2.01. The number of nitrogens with two attached hydrogens (primary N) is 1. The molecule has 0 bridgehead atoms. The molecule has 1 atom stereocenters. The minimum absolute atomic E-state index is 0.221. The average molecular weight is 236 g/mol. The van der Waals surface area contributed by atoms with Gasteiger partial charge in [0.25, 0.3) is 0 Å². The van der Waals surface area contributed by atoms with E-state index in [1.54, 1.807) is 0 Å². The van der Waals surface area contributed by atoms with Crippen LogP contribution in [0, 0.1) is 0 Å². The molecule has 0 fully saturated rings. The van der Waals surface area contributed by atoms with Crippen molar-refractivity contribution in [2.45, 2.75) is 38.5 Å². The molecule has 0 radical (unpaired) electrons. The molecule has 0 spiro atoms. The van der Waals surface area contributed by atoms with Crippen molar-refractivity contribution in [1.82, 2.24) is 4.72 Å². The van der Waals surface area contributed by atoms with Crippen LogP contribution in [0.4, 0.5) is 0 Å². The number of carbonyl (C=O) groups is 2. The maximum Gasteiger partial charge on any atom is 0.236 e. The molecule has 0 aromatic heterocycles. The van der Waals surface area contributed by atoms with E-state index < -0.39 is 27.2 Å². The second kappa shape index (κ2) is 5.22. The lowest BCUT2D eigenvalue weighted by atomic mass is 10.1. The average Bonchev–Trinajstić information content (AvgIpc) is 2.01. The number of sulfonamides is 1. The zero-order chi connectivity index (χ0) is 12.2. The largest absolute Gasteiger partial charge is 0.368 e. The van der Waals surface area contributed by atoms with E-state index in [0.29, 0.717) is 0 Å². The number of rotatable bonds is 6. The number of carbonyl (C=O) groups excluding carboxylic acids is 2. The van der Waals surface area contributed by atoms with Crippen molar-refractivity contribution in [1.29, 1.82) is 0 Å². The molecule has 0 aromatic rings. The Morgan fingerprint density at radius 2 is 1.80 bits per heavy atom. The van der Waals surface area contributed by atoms with Crippen LogP contribution in [0.2, 0.25) is 0 Å². The maximum absolute atomic E-state index is 11.4. The molecular formula is C8H16N2O4S. The molecule has 0 aromatic carbocycles. The van der Waals surface area contributed by atoms with Gasteiger partial charge in [-0.1, -0.05) is 0 Å². The fourth-order valence-corrected chi connectivity index (χ4v) is 1.69. The van der Waals surface area contributed by atoms with Gasteiger partial charge in [-0.15, -0.1) is 0 Å². The van der Waals surface area contributed by atoms with E-state index in [0.717, 1.165) is 0 Å². The van der Waals surface area contributed by atoms with E-state index in [-0.39, 0.29) is 12.2 Å². The first kappa shape index (κ1) is 14.1. The van der Waals surface area contributed by atoms with Crippen LogP contribution in [0.1, 0.15) is 27.2 Å². The van der Waals surface area contributed by atoms with Crippen molar-refractivity contribution in [3.05, 3.63) is 0 Å². The highest BCUT2D eigenvalue weighted by molar-refractivity contribution is 7.90. The van der Waals surface area contributed by atoms with Gasteiger partial charge >= 0.3 is 0 Å². The Morgan fingerprint density at radius 1 is 1.33 bits per heavy atom. The molecule has 1 amide bonds. The Bertz CT molecular complexity index is 348. The lowest BCUT2D eigenvalue weighted by molar-refractivity contribution is -0.124. The van der Waals surface area contributed by atoms with Gasteiger partial charge in [-0.25, -0.2) is 13.1 Å². The smallest absolute Gasteiger partial charge is 0.236 e. The van der Waals surface area contributed by atoms with Crippen molar-refractivity contribution in [2.24, 2.45) is 5.73 Å². The van der Waals surface area contributed by atoms with Crippen LogP contribution in [0.25, 0.3) is 0 Å². The second-order valence-corrected chi connectivity index (χ2v) is 5.84. The molecule has 0 aliphatic rings. The summed E-state index contributed by atoms with van der Waals surface area (Å²) in [7, 11) is -3.59. The summed E-state index contributed by atoms with van der Waals surface area (Å²) >= 11 is 0. The summed E-state index contributed by atoms with van der Waals surface area (Å²) in [6.45, 7) is 4.20. The minimum atomic E-state index is -3.59. The van der Waals surface area contributed by atoms with Gasteiger partial charge in [-0.3, -0.25) is 9.59 Å². The van der Waals surface area contributed by atoms with Gasteiger partial charge < -0.3 is 5.73 Å². The lowest BCUT2D eigenvalue weighted by Crippen LogP contribution is -2.47. The molecule has 88 valence electrons. The predicted molar refractivity (Wildman–Crippen MR) is 55.5 cm³/mol. The predicted octanol–water partition coefficient (Wildman–Crippen LogP) is -0.853. The molecule has 7 heteroatoms. The molecule has 0 aliphatic carbocycles. The van der Waals surface area contributed by atoms with Gasteiger partial charge in [0.1, 0.15) is 11.8 Å². The fourth-order valence-electron chi connectivity index (χ4n) is 0.822.